The van der Waals surface area contributed by atoms with Gasteiger partial charge in [-0.25, -0.2) is 9.88 Å². The van der Waals surface area contributed by atoms with Crippen molar-refractivity contribution in [3.8, 4) is 5.75 Å². The number of allylic oxidation sites excluding steroid dienone is 2. The van der Waals surface area contributed by atoms with Crippen molar-refractivity contribution in [2.45, 2.75) is 16.5 Å². The maximum Gasteiger partial charge on any atom is 0.238 e. The fourth-order valence-electron chi connectivity index (χ4n) is 5.12. The molecule has 2 aromatic carbocycles. The van der Waals surface area contributed by atoms with Crippen molar-refractivity contribution in [1.82, 2.24) is 4.98 Å². The van der Waals surface area contributed by atoms with E-state index in [9.17, 15) is 9.59 Å². The molecule has 1 saturated heterocycles. The van der Waals surface area contributed by atoms with E-state index in [1.54, 1.807) is 30.2 Å². The number of anilines is 1. The molecule has 4 atom stereocenters. The van der Waals surface area contributed by atoms with Crippen molar-refractivity contribution < 1.29 is 14.3 Å². The molecule has 0 N–H and O–H groups in total. The molecule has 156 valence electrons. The number of nitrogens with zero attached hydrogens (tertiary/aromatic N) is 2. The van der Waals surface area contributed by atoms with E-state index < -0.39 is 0 Å². The van der Waals surface area contributed by atoms with Crippen LogP contribution in [0.3, 0.4) is 0 Å². The zero-order valence-corrected chi connectivity index (χ0v) is 18.5. The van der Waals surface area contributed by atoms with Gasteiger partial charge in [0.1, 0.15) is 5.75 Å². The van der Waals surface area contributed by atoms with Gasteiger partial charge in [0.15, 0.2) is 4.34 Å². The summed E-state index contributed by atoms with van der Waals surface area (Å²) in [4.78, 5) is 32.3. The van der Waals surface area contributed by atoms with Crippen molar-refractivity contribution in [3.63, 3.8) is 0 Å². The third kappa shape index (κ3) is 3.02. The molecule has 1 aliphatic heterocycles. The fourth-order valence-corrected chi connectivity index (χ4v) is 7.17. The second-order valence-corrected chi connectivity index (χ2v) is 10.5. The van der Waals surface area contributed by atoms with Crippen LogP contribution in [0.2, 0.25) is 0 Å². The van der Waals surface area contributed by atoms with Crippen LogP contribution in [-0.4, -0.2) is 23.9 Å². The van der Waals surface area contributed by atoms with Crippen LogP contribution in [0, 0.1) is 23.7 Å². The van der Waals surface area contributed by atoms with Gasteiger partial charge in [0, 0.05) is 5.75 Å². The largest absolute Gasteiger partial charge is 0.497 e. The number of ether oxygens (including phenoxy) is 1. The Labute approximate surface area is 188 Å². The van der Waals surface area contributed by atoms with Gasteiger partial charge in [0.05, 0.1) is 34.8 Å². The highest BCUT2D eigenvalue weighted by molar-refractivity contribution is 8.00. The quantitative estimate of drug-likeness (QED) is 0.315. The number of rotatable bonds is 5. The molecule has 5 nitrogen and oxygen atoms in total. The van der Waals surface area contributed by atoms with Crippen molar-refractivity contribution in [2.24, 2.45) is 23.7 Å². The molecule has 0 spiro atoms. The highest BCUT2D eigenvalue weighted by atomic mass is 32.2. The SMILES string of the molecule is COc1ccc(CSc2nc3ccc(N4C(=O)[C@@H]5[C@H](C4=O)[C@H]4C=C[C@H]5C4)cc3s2)cc1. The van der Waals surface area contributed by atoms with Crippen molar-refractivity contribution in [3.05, 3.63) is 60.2 Å². The van der Waals surface area contributed by atoms with E-state index in [2.05, 4.69) is 24.3 Å². The molecule has 0 unspecified atom stereocenters. The standard InChI is InChI=1S/C24H20N2O3S2/c1-29-17-7-2-13(3-8-17)12-30-24-25-18-9-6-16(11-19(18)31-24)26-22(27)20-14-4-5-15(10-14)21(20)23(26)28/h2-9,11,14-15,20-21H,10,12H2,1H3/t14-,15-,20-,21+/m0/s1. The first-order valence-corrected chi connectivity index (χ1v) is 12.1. The van der Waals surface area contributed by atoms with E-state index in [-0.39, 0.29) is 35.5 Å². The number of hydrogen-bond donors (Lipinski definition) is 0. The van der Waals surface area contributed by atoms with Crippen LogP contribution in [-0.2, 0) is 15.3 Å². The average Bonchev–Trinajstić information content (AvgIpc) is 3.55. The number of amides is 2. The molecule has 7 heteroatoms. The molecule has 2 amide bonds. The van der Waals surface area contributed by atoms with E-state index in [0.717, 1.165) is 32.5 Å². The maximum absolute atomic E-state index is 13.1. The molecular formula is C24H20N2O3S2. The zero-order chi connectivity index (χ0) is 21.1. The Morgan fingerprint density at radius 1 is 1.06 bits per heavy atom. The van der Waals surface area contributed by atoms with Crippen LogP contribution in [0.1, 0.15) is 12.0 Å². The Hall–Kier alpha value is -2.64. The van der Waals surface area contributed by atoms with E-state index in [0.29, 0.717) is 5.69 Å². The summed E-state index contributed by atoms with van der Waals surface area (Å²) in [6.45, 7) is 0. The molecule has 2 fully saturated rings. The summed E-state index contributed by atoms with van der Waals surface area (Å²) >= 11 is 3.29. The fraction of sp³-hybridized carbons (Fsp3) is 0.292. The first kappa shape index (κ1) is 19.1. The van der Waals surface area contributed by atoms with Crippen LogP contribution in [0.4, 0.5) is 5.69 Å². The van der Waals surface area contributed by atoms with Gasteiger partial charge in [-0.05, 0) is 54.2 Å². The Bertz CT molecular complexity index is 1200. The summed E-state index contributed by atoms with van der Waals surface area (Å²) in [5.41, 5.74) is 2.77. The van der Waals surface area contributed by atoms with Gasteiger partial charge in [-0.1, -0.05) is 36.0 Å². The molecule has 2 aliphatic carbocycles. The first-order valence-electron chi connectivity index (χ1n) is 10.3. The molecule has 31 heavy (non-hydrogen) atoms. The Morgan fingerprint density at radius 3 is 2.45 bits per heavy atom. The minimum atomic E-state index is -0.171. The molecule has 2 bridgehead atoms. The number of hydrogen-bond acceptors (Lipinski definition) is 6. The summed E-state index contributed by atoms with van der Waals surface area (Å²) in [6, 6.07) is 13.7. The highest BCUT2D eigenvalue weighted by Gasteiger charge is 2.59. The smallest absolute Gasteiger partial charge is 0.238 e. The second kappa shape index (κ2) is 7.21. The Morgan fingerprint density at radius 2 is 1.77 bits per heavy atom. The Balaban J connectivity index is 1.23. The third-order valence-electron chi connectivity index (χ3n) is 6.60. The van der Waals surface area contributed by atoms with Crippen molar-refractivity contribution in [2.75, 3.05) is 12.0 Å². The van der Waals surface area contributed by atoms with E-state index in [1.165, 1.54) is 10.5 Å². The first-order chi connectivity index (χ1) is 15.1. The van der Waals surface area contributed by atoms with Gasteiger partial charge in [-0.15, -0.1) is 11.3 Å². The summed E-state index contributed by atoms with van der Waals surface area (Å²) < 4.78 is 7.17. The van der Waals surface area contributed by atoms with Gasteiger partial charge in [-0.2, -0.15) is 0 Å². The number of benzene rings is 2. The topological polar surface area (TPSA) is 59.5 Å². The minimum absolute atomic E-state index is 0.0372. The van der Waals surface area contributed by atoms with Gasteiger partial charge >= 0.3 is 0 Å². The number of fused-ring (bicyclic) bond motifs is 6. The molecule has 3 aromatic rings. The van der Waals surface area contributed by atoms with Crippen LogP contribution in [0.5, 0.6) is 5.75 Å². The Kier molecular flexibility index (Phi) is 4.43. The monoisotopic (exact) mass is 448 g/mol. The van der Waals surface area contributed by atoms with Crippen LogP contribution >= 0.6 is 23.1 Å². The number of carbonyl (C=O) groups excluding carboxylic acids is 2. The number of imide groups is 1. The third-order valence-corrected chi connectivity index (χ3v) is 8.83. The number of aromatic nitrogens is 1. The number of carbonyl (C=O) groups is 2. The van der Waals surface area contributed by atoms with Gasteiger partial charge in [0.25, 0.3) is 0 Å². The molecule has 1 aromatic heterocycles. The lowest BCUT2D eigenvalue weighted by Gasteiger charge is -2.17. The minimum Gasteiger partial charge on any atom is -0.497 e. The normalized spacial score (nSPS) is 26.3. The number of methoxy groups -OCH3 is 1. The van der Waals surface area contributed by atoms with Crippen LogP contribution in [0.25, 0.3) is 10.2 Å². The molecular weight excluding hydrogens is 428 g/mol. The number of thiazole rings is 1. The van der Waals surface area contributed by atoms with E-state index in [1.807, 2.05) is 30.3 Å². The van der Waals surface area contributed by atoms with Gasteiger partial charge in [-0.3, -0.25) is 9.59 Å². The lowest BCUT2D eigenvalue weighted by molar-refractivity contribution is -0.123. The molecule has 1 saturated carbocycles. The van der Waals surface area contributed by atoms with E-state index in [4.69, 9.17) is 9.72 Å². The van der Waals surface area contributed by atoms with Crippen molar-refractivity contribution in [1.29, 1.82) is 0 Å². The molecule has 0 radical (unpaired) electrons. The summed E-state index contributed by atoms with van der Waals surface area (Å²) in [7, 11) is 1.66. The lowest BCUT2D eigenvalue weighted by atomic mass is 9.85. The van der Waals surface area contributed by atoms with E-state index >= 15 is 0 Å². The predicted molar refractivity (Wildman–Crippen MR) is 122 cm³/mol. The van der Waals surface area contributed by atoms with Crippen molar-refractivity contribution >= 4 is 50.8 Å². The molecule has 6 rings (SSSR count). The van der Waals surface area contributed by atoms with Gasteiger partial charge < -0.3 is 4.74 Å². The number of thioether (sulfide) groups is 1. The summed E-state index contributed by atoms with van der Waals surface area (Å²) in [5, 5.41) is 0. The maximum atomic E-state index is 13.1. The summed E-state index contributed by atoms with van der Waals surface area (Å²) in [6.07, 6.45) is 5.20. The van der Waals surface area contributed by atoms with Crippen LogP contribution < -0.4 is 9.64 Å². The average molecular weight is 449 g/mol. The highest BCUT2D eigenvalue weighted by Crippen LogP contribution is 2.53. The van der Waals surface area contributed by atoms with Crippen LogP contribution in [0.15, 0.2) is 59.0 Å². The second-order valence-electron chi connectivity index (χ2n) is 8.28. The predicted octanol–water partition coefficient (Wildman–Crippen LogP) is 4.91. The summed E-state index contributed by atoms with van der Waals surface area (Å²) in [5.74, 6) is 1.70. The zero-order valence-electron chi connectivity index (χ0n) is 16.9. The molecule has 2 heterocycles. The molecule has 3 aliphatic rings. The van der Waals surface area contributed by atoms with Gasteiger partial charge in [0.2, 0.25) is 11.8 Å². The lowest BCUT2D eigenvalue weighted by Crippen LogP contribution is -2.32.